The monoisotopic (exact) mass is 469 g/mol. The van der Waals surface area contributed by atoms with Gasteiger partial charge < -0.3 is 0 Å². The average molecular weight is 472 g/mol. The Kier molecular flexibility index (Phi) is 5.47. The van der Waals surface area contributed by atoms with Crippen LogP contribution in [0.1, 0.15) is 6.92 Å². The third-order valence-corrected chi connectivity index (χ3v) is 6.91. The molecule has 1 aromatic carbocycles. The number of rotatable bonds is 3. The first-order chi connectivity index (χ1) is 10.2. The number of oxime groups is 1. The van der Waals surface area contributed by atoms with E-state index in [0.717, 1.165) is 0 Å². The Bertz CT molecular complexity index is 759. The standard InChI is InChI=1S/C13H10Br2ClNO4S/c1-7-6-10(18)11(14)12(15)13(7)17-21-22(19,20)9-4-2-8(16)3-5-9/h2-6,11-12H,1H3/b17-13-. The van der Waals surface area contributed by atoms with Gasteiger partial charge in [0.2, 0.25) is 0 Å². The highest BCUT2D eigenvalue weighted by Crippen LogP contribution is 2.26. The van der Waals surface area contributed by atoms with E-state index in [1.165, 1.54) is 30.3 Å². The van der Waals surface area contributed by atoms with E-state index in [9.17, 15) is 13.2 Å². The van der Waals surface area contributed by atoms with Crippen LogP contribution in [0.5, 0.6) is 0 Å². The fourth-order valence-electron chi connectivity index (χ4n) is 1.72. The van der Waals surface area contributed by atoms with Crippen LogP contribution in [0.3, 0.4) is 0 Å². The molecular formula is C13H10Br2ClNO4S. The van der Waals surface area contributed by atoms with Crippen molar-refractivity contribution in [3.05, 3.63) is 40.9 Å². The van der Waals surface area contributed by atoms with Crippen molar-refractivity contribution < 1.29 is 17.5 Å². The molecule has 118 valence electrons. The SMILES string of the molecule is CC1=CC(=O)C(Br)C(Br)/C1=N\OS(=O)(=O)c1ccc(Cl)cc1. The van der Waals surface area contributed by atoms with Crippen molar-refractivity contribution >= 4 is 65.1 Å². The first-order valence-corrected chi connectivity index (χ1v) is 9.62. The molecule has 0 bridgehead atoms. The van der Waals surface area contributed by atoms with Gasteiger partial charge in [0.05, 0.1) is 15.4 Å². The lowest BCUT2D eigenvalue weighted by Gasteiger charge is -2.21. The lowest BCUT2D eigenvalue weighted by Crippen LogP contribution is -2.35. The van der Waals surface area contributed by atoms with Crippen molar-refractivity contribution in [1.29, 1.82) is 0 Å². The lowest BCUT2D eigenvalue weighted by atomic mass is 9.97. The molecule has 0 saturated carbocycles. The van der Waals surface area contributed by atoms with E-state index < -0.39 is 19.8 Å². The molecule has 2 unspecified atom stereocenters. The summed E-state index contributed by atoms with van der Waals surface area (Å²) in [5.74, 6) is -0.126. The zero-order valence-electron chi connectivity index (χ0n) is 11.2. The summed E-state index contributed by atoms with van der Waals surface area (Å²) in [5.41, 5.74) is 0.868. The zero-order chi connectivity index (χ0) is 16.5. The number of benzene rings is 1. The Balaban J connectivity index is 2.29. The minimum absolute atomic E-state index is 0.0590. The Hall–Kier alpha value is -0.700. The summed E-state index contributed by atoms with van der Waals surface area (Å²) in [6, 6.07) is 5.53. The number of hydrogen-bond donors (Lipinski definition) is 0. The van der Waals surface area contributed by atoms with E-state index in [-0.39, 0.29) is 10.7 Å². The maximum atomic E-state index is 12.1. The number of nitrogens with zero attached hydrogens (tertiary/aromatic N) is 1. The molecule has 5 nitrogen and oxygen atoms in total. The Labute approximate surface area is 149 Å². The number of allylic oxidation sites excluding steroid dienone is 2. The Morgan fingerprint density at radius 2 is 1.77 bits per heavy atom. The Morgan fingerprint density at radius 1 is 1.18 bits per heavy atom. The molecular weight excluding hydrogens is 461 g/mol. The van der Waals surface area contributed by atoms with Crippen LogP contribution in [-0.4, -0.2) is 29.6 Å². The van der Waals surface area contributed by atoms with Gasteiger partial charge in [-0.3, -0.25) is 9.08 Å². The van der Waals surface area contributed by atoms with Crippen LogP contribution >= 0.6 is 43.5 Å². The number of alkyl halides is 2. The van der Waals surface area contributed by atoms with Crippen LogP contribution < -0.4 is 0 Å². The number of carbonyl (C=O) groups is 1. The van der Waals surface area contributed by atoms with E-state index in [1.807, 2.05) is 0 Å². The second-order valence-electron chi connectivity index (χ2n) is 4.49. The third kappa shape index (κ3) is 3.79. The van der Waals surface area contributed by atoms with E-state index >= 15 is 0 Å². The van der Waals surface area contributed by atoms with E-state index in [0.29, 0.717) is 16.3 Å². The van der Waals surface area contributed by atoms with Crippen molar-refractivity contribution in [2.24, 2.45) is 5.16 Å². The number of ketones is 1. The normalized spacial score (nSPS) is 24.3. The molecule has 0 N–H and O–H groups in total. The van der Waals surface area contributed by atoms with Crippen molar-refractivity contribution in [1.82, 2.24) is 0 Å². The van der Waals surface area contributed by atoms with Gasteiger partial charge in [-0.05, 0) is 42.8 Å². The molecule has 1 aliphatic carbocycles. The highest BCUT2D eigenvalue weighted by Gasteiger charge is 2.33. The molecule has 0 radical (unpaired) electrons. The van der Waals surface area contributed by atoms with Gasteiger partial charge in [-0.25, -0.2) is 0 Å². The molecule has 0 aliphatic heterocycles. The lowest BCUT2D eigenvalue weighted by molar-refractivity contribution is -0.113. The fraction of sp³-hybridized carbons (Fsp3) is 0.231. The van der Waals surface area contributed by atoms with E-state index in [1.54, 1.807) is 6.92 Å². The summed E-state index contributed by atoms with van der Waals surface area (Å²) in [7, 11) is -4.05. The molecule has 9 heteroatoms. The smallest absolute Gasteiger partial charge is 0.294 e. The number of halogens is 3. The van der Waals surface area contributed by atoms with E-state index in [4.69, 9.17) is 15.9 Å². The summed E-state index contributed by atoms with van der Waals surface area (Å²) in [4.78, 5) is 10.6. The maximum absolute atomic E-state index is 12.1. The summed E-state index contributed by atoms with van der Waals surface area (Å²) in [6.07, 6.45) is 1.38. The highest BCUT2D eigenvalue weighted by molar-refractivity contribution is 9.12. The molecule has 1 aromatic rings. The predicted octanol–water partition coefficient (Wildman–Crippen LogP) is 3.46. The molecule has 1 aliphatic rings. The molecule has 0 spiro atoms. The second-order valence-corrected chi connectivity index (χ2v) is 8.43. The topological polar surface area (TPSA) is 72.8 Å². The molecule has 0 heterocycles. The minimum Gasteiger partial charge on any atom is -0.294 e. The van der Waals surface area contributed by atoms with Crippen LogP contribution in [0.15, 0.2) is 46.0 Å². The van der Waals surface area contributed by atoms with Gasteiger partial charge in [0.1, 0.15) is 4.90 Å². The predicted molar refractivity (Wildman–Crippen MR) is 91.4 cm³/mol. The first kappa shape index (κ1) is 17.7. The molecule has 0 saturated heterocycles. The van der Waals surface area contributed by atoms with E-state index in [2.05, 4.69) is 37.0 Å². The molecule has 2 rings (SSSR count). The van der Waals surface area contributed by atoms with Crippen molar-refractivity contribution in [2.75, 3.05) is 0 Å². The first-order valence-electron chi connectivity index (χ1n) is 6.00. The molecule has 22 heavy (non-hydrogen) atoms. The third-order valence-electron chi connectivity index (χ3n) is 2.89. The van der Waals surface area contributed by atoms with Gasteiger partial charge in [0, 0.05) is 5.02 Å². The maximum Gasteiger partial charge on any atom is 0.358 e. The van der Waals surface area contributed by atoms with Crippen LogP contribution in [0.25, 0.3) is 0 Å². The zero-order valence-corrected chi connectivity index (χ0v) is 15.9. The summed E-state index contributed by atoms with van der Waals surface area (Å²) in [5, 5.41) is 4.11. The van der Waals surface area contributed by atoms with Gasteiger partial charge in [0.25, 0.3) is 0 Å². The molecule has 2 atom stereocenters. The number of carbonyl (C=O) groups excluding carboxylic acids is 1. The largest absolute Gasteiger partial charge is 0.358 e. The summed E-state index contributed by atoms with van der Waals surface area (Å²) in [6.45, 7) is 1.65. The van der Waals surface area contributed by atoms with Crippen LogP contribution in [-0.2, 0) is 19.2 Å². The van der Waals surface area contributed by atoms with Crippen molar-refractivity contribution in [3.8, 4) is 0 Å². The van der Waals surface area contributed by atoms with Gasteiger partial charge >= 0.3 is 10.1 Å². The van der Waals surface area contributed by atoms with Gasteiger partial charge in [-0.15, -0.1) is 0 Å². The van der Waals surface area contributed by atoms with Gasteiger partial charge in [0.15, 0.2) is 5.78 Å². The highest BCUT2D eigenvalue weighted by atomic mass is 79.9. The summed E-state index contributed by atoms with van der Waals surface area (Å²) < 4.78 is 28.9. The summed E-state index contributed by atoms with van der Waals surface area (Å²) >= 11 is 12.2. The Morgan fingerprint density at radius 3 is 2.36 bits per heavy atom. The quantitative estimate of drug-likeness (QED) is 0.500. The second kappa shape index (κ2) is 6.82. The minimum atomic E-state index is -4.05. The molecule has 0 amide bonds. The average Bonchev–Trinajstić information content (AvgIpc) is 2.45. The van der Waals surface area contributed by atoms with Gasteiger partial charge in [-0.2, -0.15) is 8.42 Å². The molecule has 0 aromatic heterocycles. The number of hydrogen-bond acceptors (Lipinski definition) is 5. The van der Waals surface area contributed by atoms with Crippen molar-refractivity contribution in [2.45, 2.75) is 21.5 Å². The fourth-order valence-corrected chi connectivity index (χ4v) is 3.67. The van der Waals surface area contributed by atoms with Crippen LogP contribution in [0.2, 0.25) is 5.02 Å². The molecule has 0 fully saturated rings. The van der Waals surface area contributed by atoms with Crippen LogP contribution in [0.4, 0.5) is 0 Å². The van der Waals surface area contributed by atoms with Crippen molar-refractivity contribution in [3.63, 3.8) is 0 Å². The van der Waals surface area contributed by atoms with Crippen LogP contribution in [0, 0.1) is 0 Å². The van der Waals surface area contributed by atoms with Gasteiger partial charge in [-0.1, -0.05) is 48.6 Å².